The Morgan fingerprint density at radius 3 is 1.78 bits per heavy atom. The van der Waals surface area contributed by atoms with Crippen molar-refractivity contribution in [1.29, 1.82) is 0 Å². The van der Waals surface area contributed by atoms with Crippen LogP contribution >= 0.6 is 0 Å². The summed E-state index contributed by atoms with van der Waals surface area (Å²) in [7, 11) is 0. The van der Waals surface area contributed by atoms with Gasteiger partial charge in [-0.25, -0.2) is 0 Å². The molecule has 4 heteroatoms. The van der Waals surface area contributed by atoms with Gasteiger partial charge in [-0.3, -0.25) is 0 Å². The fourth-order valence-corrected chi connectivity index (χ4v) is 11.3. The van der Waals surface area contributed by atoms with Crippen LogP contribution in [0.15, 0.2) is 150 Å². The number of nitrogens with zero attached hydrogens (tertiary/aromatic N) is 2. The zero-order valence-electron chi connectivity index (χ0n) is 50.0. The molecule has 3 heterocycles. The van der Waals surface area contributed by atoms with Gasteiger partial charge in [0, 0.05) is 39.1 Å². The van der Waals surface area contributed by atoms with Crippen LogP contribution in [0.4, 0.5) is 34.1 Å². The standard InChI is InChI=1S/C64H67BN2O/c1-40-34-54-57-55(35-40)67(52-30-26-44(61(5,6)7)36-47(52)41-20-16-14-17-21-41)53-31-27-45(64(12,13)43-22-18-15-19-23-43)37-51(53)65(57)59-58(66(54)46-28-24-42(25-29-46)60(2,3)4)48-38-49-50(39-56(48)68-59)63(10,11)33-32-62(49,8)9/h14-31,34-39H,32-33H2,1-13H3/i14D,15D,16D,17D,18D,19D,20D,21D. The quantitative estimate of drug-likeness (QED) is 0.161. The molecule has 0 spiro atoms. The third-order valence-corrected chi connectivity index (χ3v) is 15.7. The highest BCUT2D eigenvalue weighted by atomic mass is 16.3. The lowest BCUT2D eigenvalue weighted by atomic mass is 9.35. The van der Waals surface area contributed by atoms with Crippen molar-refractivity contribution in [3.8, 4) is 11.1 Å². The minimum absolute atomic E-state index is 0.00333. The predicted octanol–water partition coefficient (Wildman–Crippen LogP) is 15.8. The number of hydrogen-bond acceptors (Lipinski definition) is 3. The van der Waals surface area contributed by atoms with Gasteiger partial charge in [0.1, 0.15) is 5.58 Å². The van der Waals surface area contributed by atoms with E-state index in [0.717, 1.165) is 91.1 Å². The van der Waals surface area contributed by atoms with Crippen molar-refractivity contribution in [3.05, 3.63) is 184 Å². The van der Waals surface area contributed by atoms with Crippen molar-refractivity contribution in [1.82, 2.24) is 0 Å². The van der Waals surface area contributed by atoms with Crippen molar-refractivity contribution in [3.63, 3.8) is 0 Å². The van der Waals surface area contributed by atoms with Gasteiger partial charge < -0.3 is 14.2 Å². The van der Waals surface area contributed by atoms with Crippen LogP contribution in [0.25, 0.3) is 22.1 Å². The van der Waals surface area contributed by atoms with Gasteiger partial charge in [0.05, 0.1) is 28.0 Å². The smallest absolute Gasteiger partial charge is 0.297 e. The summed E-state index contributed by atoms with van der Waals surface area (Å²) in [5.74, 6) is 0. The molecule has 2 aliphatic heterocycles. The molecule has 0 radical (unpaired) electrons. The van der Waals surface area contributed by atoms with Crippen LogP contribution < -0.4 is 26.4 Å². The molecule has 3 aliphatic rings. The first kappa shape index (κ1) is 35.8. The Kier molecular flexibility index (Phi) is 7.97. The SMILES string of the molecule is [2H]c1cc(C(C)(C)c2ccc3c(c2)B2c4oc5cc6c(cc5c4N(c4ccc(C(C)(C)C)cc4)c4cc(C)cc(c42)N3c2ccc(C(C)(C)C)cc2-c2c([2H])c([2H])c([2H])c([2H])c2[2H])C(C)(C)CCC6(C)C)cc([2H])c1[2H]. The molecule has 342 valence electrons. The van der Waals surface area contributed by atoms with Crippen LogP contribution in [0, 0.1) is 6.92 Å². The summed E-state index contributed by atoms with van der Waals surface area (Å²) in [6, 6.07) is 32.3. The molecule has 0 N–H and O–H groups in total. The molecule has 0 fully saturated rings. The van der Waals surface area contributed by atoms with Crippen molar-refractivity contribution in [2.45, 2.75) is 130 Å². The summed E-state index contributed by atoms with van der Waals surface area (Å²) in [5.41, 5.74) is 15.7. The Balaban J connectivity index is 1.29. The molecule has 0 unspecified atom stereocenters. The first-order valence-corrected chi connectivity index (χ1v) is 24.3. The first-order valence-electron chi connectivity index (χ1n) is 28.3. The van der Waals surface area contributed by atoms with E-state index in [2.05, 4.69) is 173 Å². The fraction of sp³-hybridized carbons (Fsp3) is 0.312. The molecule has 1 aliphatic carbocycles. The van der Waals surface area contributed by atoms with Crippen molar-refractivity contribution < 1.29 is 15.4 Å². The van der Waals surface area contributed by atoms with Gasteiger partial charge in [0.25, 0.3) is 6.71 Å². The molecule has 0 saturated heterocycles. The molecule has 3 nitrogen and oxygen atoms in total. The summed E-state index contributed by atoms with van der Waals surface area (Å²) in [6.07, 6.45) is 2.11. The number of hydrogen-bond donors (Lipinski definition) is 0. The van der Waals surface area contributed by atoms with Crippen LogP contribution in [0.5, 0.6) is 0 Å². The lowest BCUT2D eigenvalue weighted by Gasteiger charge is -2.44. The Morgan fingerprint density at radius 1 is 0.559 bits per heavy atom. The lowest BCUT2D eigenvalue weighted by Crippen LogP contribution is -2.61. The van der Waals surface area contributed by atoms with Gasteiger partial charge in [0.15, 0.2) is 0 Å². The largest absolute Gasteiger partial charge is 0.468 e. The number of furan rings is 1. The highest BCUT2D eigenvalue weighted by molar-refractivity contribution is 7.00. The molecule has 0 saturated carbocycles. The van der Waals surface area contributed by atoms with Crippen LogP contribution in [-0.4, -0.2) is 6.71 Å². The maximum absolute atomic E-state index is 9.43. The molecule has 0 bridgehead atoms. The van der Waals surface area contributed by atoms with Gasteiger partial charge in [-0.1, -0.05) is 174 Å². The van der Waals surface area contributed by atoms with Gasteiger partial charge in [-0.2, -0.15) is 0 Å². The van der Waals surface area contributed by atoms with Gasteiger partial charge in [-0.05, 0) is 151 Å². The molecular formula is C64H67BN2O. The number of fused-ring (bicyclic) bond motifs is 7. The van der Waals surface area contributed by atoms with Gasteiger partial charge in [-0.15, -0.1) is 0 Å². The summed E-state index contributed by atoms with van der Waals surface area (Å²) in [5, 5.41) is 1.04. The zero-order valence-corrected chi connectivity index (χ0v) is 42.0. The van der Waals surface area contributed by atoms with Crippen LogP contribution in [-0.2, 0) is 27.1 Å². The summed E-state index contributed by atoms with van der Waals surface area (Å²) in [4.78, 5) is 4.63. The highest BCUT2D eigenvalue weighted by Crippen LogP contribution is 2.53. The maximum Gasteiger partial charge on any atom is 0.297 e. The van der Waals surface area contributed by atoms with E-state index in [9.17, 15) is 2.74 Å². The molecule has 0 amide bonds. The van der Waals surface area contributed by atoms with E-state index in [1.165, 1.54) is 16.7 Å². The number of anilines is 6. The number of aryl methyl sites for hydroxylation is 1. The highest BCUT2D eigenvalue weighted by Gasteiger charge is 2.48. The topological polar surface area (TPSA) is 19.6 Å². The molecule has 11 rings (SSSR count). The van der Waals surface area contributed by atoms with E-state index in [1.54, 1.807) is 12.1 Å². The molecule has 7 aromatic carbocycles. The molecule has 8 aromatic rings. The zero-order chi connectivity index (χ0) is 54.8. The molecule has 1 aromatic heterocycles. The van der Waals surface area contributed by atoms with Gasteiger partial charge >= 0.3 is 0 Å². The summed E-state index contributed by atoms with van der Waals surface area (Å²) in [6.45, 7) is 28.3. The third-order valence-electron chi connectivity index (χ3n) is 15.7. The minimum Gasteiger partial charge on any atom is -0.468 e. The minimum atomic E-state index is -0.731. The molecule has 68 heavy (non-hydrogen) atoms. The Bertz CT molecular complexity index is 3730. The molecular weight excluding hydrogens is 824 g/mol. The number of benzene rings is 7. The molecule has 0 atom stereocenters. The van der Waals surface area contributed by atoms with E-state index < -0.39 is 30.3 Å². The second-order valence-corrected chi connectivity index (χ2v) is 23.6. The first-order chi connectivity index (χ1) is 35.4. The Labute approximate surface area is 417 Å². The van der Waals surface area contributed by atoms with E-state index in [-0.39, 0.29) is 57.4 Å². The summed E-state index contributed by atoms with van der Waals surface area (Å²) >= 11 is 0. The average molecular weight is 899 g/mol. The second-order valence-electron chi connectivity index (χ2n) is 23.6. The van der Waals surface area contributed by atoms with E-state index >= 15 is 0 Å². The van der Waals surface area contributed by atoms with Gasteiger partial charge in [0.2, 0.25) is 0 Å². The maximum atomic E-state index is 9.43. The Hall–Kier alpha value is -6.26. The predicted molar refractivity (Wildman–Crippen MR) is 292 cm³/mol. The third kappa shape index (κ3) is 6.91. The van der Waals surface area contributed by atoms with Crippen molar-refractivity contribution in [2.24, 2.45) is 0 Å². The second kappa shape index (κ2) is 15.1. The fourth-order valence-electron chi connectivity index (χ4n) is 11.3. The van der Waals surface area contributed by atoms with Crippen LogP contribution in [0.3, 0.4) is 0 Å². The number of rotatable bonds is 5. The van der Waals surface area contributed by atoms with E-state index in [0.29, 0.717) is 11.3 Å². The van der Waals surface area contributed by atoms with E-state index in [4.69, 9.17) is 12.6 Å². The van der Waals surface area contributed by atoms with Crippen molar-refractivity contribution >= 4 is 68.4 Å². The van der Waals surface area contributed by atoms with Crippen molar-refractivity contribution in [2.75, 3.05) is 9.80 Å². The summed E-state index contributed by atoms with van der Waals surface area (Å²) < 4.78 is 78.7. The van der Waals surface area contributed by atoms with Crippen LogP contribution in [0.2, 0.25) is 0 Å². The lowest BCUT2D eigenvalue weighted by molar-refractivity contribution is 0.332. The average Bonchev–Trinajstić information content (AvgIpc) is 3.73. The Morgan fingerprint density at radius 2 is 1.13 bits per heavy atom. The van der Waals surface area contributed by atoms with E-state index in [1.807, 2.05) is 12.1 Å². The normalized spacial score (nSPS) is 17.7. The monoisotopic (exact) mass is 899 g/mol. The van der Waals surface area contributed by atoms with Crippen LogP contribution in [0.1, 0.15) is 146 Å².